The number of esters is 1. The molecule has 0 bridgehead atoms. The molecule has 1 aliphatic heterocycles. The molecule has 32 heavy (non-hydrogen) atoms. The molecule has 9 nitrogen and oxygen atoms in total. The van der Waals surface area contributed by atoms with Gasteiger partial charge in [0.1, 0.15) is 11.9 Å². The predicted molar refractivity (Wildman–Crippen MR) is 114 cm³/mol. The molecule has 1 unspecified atom stereocenters. The molecule has 1 saturated heterocycles. The number of sulfonamides is 1. The van der Waals surface area contributed by atoms with Crippen LogP contribution < -0.4 is 0 Å². The van der Waals surface area contributed by atoms with Crippen molar-refractivity contribution in [2.24, 2.45) is 0 Å². The van der Waals surface area contributed by atoms with E-state index in [1.54, 1.807) is 23.0 Å². The summed E-state index contributed by atoms with van der Waals surface area (Å²) in [7, 11) is -2.43. The fourth-order valence-electron chi connectivity index (χ4n) is 4.51. The molecular formula is C21H28FN5O4S. The van der Waals surface area contributed by atoms with Crippen LogP contribution in [0, 0.1) is 5.82 Å². The third-order valence-electron chi connectivity index (χ3n) is 6.22. The number of ether oxygens (including phenoxy) is 1. The molecule has 2 aliphatic rings. The molecule has 1 atom stereocenters. The Hall–Kier alpha value is -2.37. The summed E-state index contributed by atoms with van der Waals surface area (Å²) in [6.45, 7) is 1.01. The number of carbonyl (C=O) groups is 1. The average Bonchev–Trinajstić information content (AvgIpc) is 3.44. The molecule has 4 rings (SSSR count). The van der Waals surface area contributed by atoms with Gasteiger partial charge in [-0.3, -0.25) is 9.69 Å². The first-order valence-corrected chi connectivity index (χ1v) is 12.4. The van der Waals surface area contributed by atoms with E-state index in [1.807, 2.05) is 0 Å². The lowest BCUT2D eigenvalue weighted by Crippen LogP contribution is -2.49. The Labute approximate surface area is 187 Å². The summed E-state index contributed by atoms with van der Waals surface area (Å²) in [5.41, 5.74) is 1.27. The zero-order valence-corrected chi connectivity index (χ0v) is 18.9. The maximum atomic E-state index is 13.1. The SMILES string of the molecule is COC(=O)C1CN(C2CCCC2)CCS(=O)(=O)N1Cc1cn(Cc2ccc(F)cc2)nn1. The van der Waals surface area contributed by atoms with E-state index in [2.05, 4.69) is 15.2 Å². The smallest absolute Gasteiger partial charge is 0.325 e. The van der Waals surface area contributed by atoms with Gasteiger partial charge in [0.05, 0.1) is 37.8 Å². The highest BCUT2D eigenvalue weighted by Crippen LogP contribution is 2.27. The first kappa shape index (κ1) is 22.8. The maximum absolute atomic E-state index is 13.1. The normalized spacial score (nSPS) is 22.6. The lowest BCUT2D eigenvalue weighted by atomic mass is 10.1. The first-order chi connectivity index (χ1) is 15.4. The van der Waals surface area contributed by atoms with Gasteiger partial charge in [-0.25, -0.2) is 17.5 Å². The Kier molecular flexibility index (Phi) is 6.87. The van der Waals surface area contributed by atoms with E-state index < -0.39 is 22.0 Å². The fourth-order valence-corrected chi connectivity index (χ4v) is 6.08. The van der Waals surface area contributed by atoms with Crippen LogP contribution >= 0.6 is 0 Å². The van der Waals surface area contributed by atoms with Crippen LogP contribution in [0.3, 0.4) is 0 Å². The number of hydrogen-bond donors (Lipinski definition) is 0. The number of carbonyl (C=O) groups excluding carboxylic acids is 1. The van der Waals surface area contributed by atoms with Crippen LogP contribution in [-0.4, -0.2) is 76.6 Å². The summed E-state index contributed by atoms with van der Waals surface area (Å²) in [6, 6.07) is 5.41. The van der Waals surface area contributed by atoms with Gasteiger partial charge in [-0.15, -0.1) is 5.10 Å². The predicted octanol–water partition coefficient (Wildman–Crippen LogP) is 1.40. The monoisotopic (exact) mass is 465 g/mol. The average molecular weight is 466 g/mol. The lowest BCUT2D eigenvalue weighted by molar-refractivity contribution is -0.146. The summed E-state index contributed by atoms with van der Waals surface area (Å²) >= 11 is 0. The van der Waals surface area contributed by atoms with Gasteiger partial charge in [-0.1, -0.05) is 30.2 Å². The topological polar surface area (TPSA) is 97.6 Å². The molecule has 0 spiro atoms. The van der Waals surface area contributed by atoms with Crippen molar-refractivity contribution in [3.8, 4) is 0 Å². The summed E-state index contributed by atoms with van der Waals surface area (Å²) in [5.74, 6) is -0.946. The largest absolute Gasteiger partial charge is 0.468 e. The fraction of sp³-hybridized carbons (Fsp3) is 0.571. The van der Waals surface area contributed by atoms with Crippen molar-refractivity contribution in [2.75, 3.05) is 26.0 Å². The number of nitrogens with zero attached hydrogens (tertiary/aromatic N) is 5. The van der Waals surface area contributed by atoms with Crippen LogP contribution in [0.2, 0.25) is 0 Å². The second kappa shape index (κ2) is 9.63. The Morgan fingerprint density at radius 2 is 1.91 bits per heavy atom. The van der Waals surface area contributed by atoms with E-state index in [4.69, 9.17) is 4.74 Å². The van der Waals surface area contributed by atoms with Gasteiger partial charge >= 0.3 is 5.97 Å². The van der Waals surface area contributed by atoms with E-state index in [0.29, 0.717) is 31.4 Å². The number of halogens is 1. The van der Waals surface area contributed by atoms with Crippen LogP contribution in [0.1, 0.15) is 36.9 Å². The minimum absolute atomic E-state index is 0.0549. The van der Waals surface area contributed by atoms with Gasteiger partial charge < -0.3 is 4.74 Å². The van der Waals surface area contributed by atoms with Gasteiger partial charge in [0.15, 0.2) is 0 Å². The first-order valence-electron chi connectivity index (χ1n) is 10.8. The summed E-state index contributed by atoms with van der Waals surface area (Å²) in [6.07, 6.45) is 5.93. The second-order valence-electron chi connectivity index (χ2n) is 8.37. The van der Waals surface area contributed by atoms with Crippen molar-refractivity contribution < 1.29 is 22.3 Å². The number of hydrogen-bond acceptors (Lipinski definition) is 7. The maximum Gasteiger partial charge on any atom is 0.325 e. The van der Waals surface area contributed by atoms with Gasteiger partial charge in [0.25, 0.3) is 0 Å². The van der Waals surface area contributed by atoms with Crippen LogP contribution in [0.15, 0.2) is 30.5 Å². The summed E-state index contributed by atoms with van der Waals surface area (Å²) < 4.78 is 47.1. The summed E-state index contributed by atoms with van der Waals surface area (Å²) in [4.78, 5) is 14.7. The van der Waals surface area contributed by atoms with E-state index in [9.17, 15) is 17.6 Å². The van der Waals surface area contributed by atoms with Gasteiger partial charge in [-0.2, -0.15) is 4.31 Å². The van der Waals surface area contributed by atoms with Crippen LogP contribution in [0.5, 0.6) is 0 Å². The summed E-state index contributed by atoms with van der Waals surface area (Å²) in [5, 5.41) is 8.17. The zero-order valence-electron chi connectivity index (χ0n) is 18.1. The highest BCUT2D eigenvalue weighted by atomic mass is 32.2. The van der Waals surface area contributed by atoms with Crippen LogP contribution in [0.25, 0.3) is 0 Å². The molecule has 2 fully saturated rings. The Morgan fingerprint density at radius 3 is 2.59 bits per heavy atom. The minimum Gasteiger partial charge on any atom is -0.468 e. The molecule has 1 aromatic heterocycles. The molecule has 174 valence electrons. The van der Waals surface area contributed by atoms with Crippen molar-refractivity contribution in [1.29, 1.82) is 0 Å². The Bertz CT molecular complexity index is 1040. The van der Waals surface area contributed by atoms with E-state index >= 15 is 0 Å². The third-order valence-corrected chi connectivity index (χ3v) is 8.02. The molecule has 1 aliphatic carbocycles. The van der Waals surface area contributed by atoms with Crippen LogP contribution in [0.4, 0.5) is 4.39 Å². The number of benzene rings is 1. The van der Waals surface area contributed by atoms with Gasteiger partial charge in [-0.05, 0) is 30.5 Å². The number of aromatic nitrogens is 3. The van der Waals surface area contributed by atoms with Crippen molar-refractivity contribution in [3.05, 3.63) is 47.5 Å². The van der Waals surface area contributed by atoms with Crippen molar-refractivity contribution in [1.82, 2.24) is 24.2 Å². The lowest BCUT2D eigenvalue weighted by Gasteiger charge is -2.30. The Balaban J connectivity index is 1.53. The van der Waals surface area contributed by atoms with Gasteiger partial charge in [0, 0.05) is 19.1 Å². The molecule has 0 amide bonds. The van der Waals surface area contributed by atoms with Crippen LogP contribution in [-0.2, 0) is 32.6 Å². The molecule has 0 radical (unpaired) electrons. The molecule has 2 heterocycles. The van der Waals surface area contributed by atoms with E-state index in [-0.39, 0.29) is 18.1 Å². The highest BCUT2D eigenvalue weighted by molar-refractivity contribution is 7.89. The standard InChI is InChI=1S/C21H28FN5O4S/c1-31-21(28)20-15-25(19-4-2-3-5-19)10-11-32(29,30)27(20)14-18-13-26(24-23-18)12-16-6-8-17(22)9-7-16/h6-9,13,19-20H,2-5,10-12,14-15H2,1H3. The highest BCUT2D eigenvalue weighted by Gasteiger charge is 2.42. The molecule has 1 saturated carbocycles. The molecule has 0 N–H and O–H groups in total. The van der Waals surface area contributed by atoms with Crippen molar-refractivity contribution >= 4 is 16.0 Å². The Morgan fingerprint density at radius 1 is 1.19 bits per heavy atom. The van der Waals surface area contributed by atoms with Crippen molar-refractivity contribution in [3.63, 3.8) is 0 Å². The van der Waals surface area contributed by atoms with E-state index in [0.717, 1.165) is 31.2 Å². The zero-order chi connectivity index (χ0) is 22.7. The minimum atomic E-state index is -3.71. The molecule has 1 aromatic carbocycles. The second-order valence-corrected chi connectivity index (χ2v) is 10.4. The van der Waals surface area contributed by atoms with Gasteiger partial charge in [0.2, 0.25) is 10.0 Å². The number of rotatable bonds is 6. The molecular weight excluding hydrogens is 437 g/mol. The third kappa shape index (κ3) is 5.16. The van der Waals surface area contributed by atoms with Crippen molar-refractivity contribution in [2.45, 2.75) is 50.9 Å². The quantitative estimate of drug-likeness (QED) is 0.595. The number of methoxy groups -OCH3 is 1. The van der Waals surface area contributed by atoms with E-state index in [1.165, 1.54) is 23.5 Å². The molecule has 11 heteroatoms. The molecule has 2 aromatic rings.